The van der Waals surface area contributed by atoms with Crippen molar-refractivity contribution in [2.24, 2.45) is 5.41 Å². The summed E-state index contributed by atoms with van der Waals surface area (Å²) < 4.78 is 35.9. The summed E-state index contributed by atoms with van der Waals surface area (Å²) in [5.41, 5.74) is -0.255. The minimum atomic E-state index is -4.44. The molecular formula is C10H17BrF3NO. The summed E-state index contributed by atoms with van der Waals surface area (Å²) in [4.78, 5) is 11.1. The number of carbonyl (C=O) groups excluding carboxylic acids is 1. The normalized spacial score (nSPS) is 14.7. The first-order valence-electron chi connectivity index (χ1n) is 4.98. The predicted molar refractivity (Wildman–Crippen MR) is 60.5 cm³/mol. The summed E-state index contributed by atoms with van der Waals surface area (Å²) in [6.07, 6.45) is -5.25. The zero-order valence-electron chi connectivity index (χ0n) is 9.62. The zero-order chi connectivity index (χ0) is 13.0. The van der Waals surface area contributed by atoms with E-state index in [1.807, 2.05) is 20.8 Å². The van der Waals surface area contributed by atoms with Crippen molar-refractivity contribution in [3.8, 4) is 0 Å². The van der Waals surface area contributed by atoms with E-state index >= 15 is 0 Å². The summed E-state index contributed by atoms with van der Waals surface area (Å²) in [7, 11) is 0. The van der Waals surface area contributed by atoms with Crippen molar-refractivity contribution in [1.29, 1.82) is 0 Å². The van der Waals surface area contributed by atoms with Gasteiger partial charge in [0.2, 0.25) is 5.91 Å². The van der Waals surface area contributed by atoms with Crippen molar-refractivity contribution in [3.63, 3.8) is 0 Å². The number of hydrogen-bond acceptors (Lipinski definition) is 1. The van der Waals surface area contributed by atoms with Crippen molar-refractivity contribution in [2.75, 3.05) is 5.33 Å². The van der Waals surface area contributed by atoms with E-state index < -0.39 is 18.5 Å². The van der Waals surface area contributed by atoms with Gasteiger partial charge in [-0.3, -0.25) is 4.79 Å². The fourth-order valence-corrected chi connectivity index (χ4v) is 1.72. The molecule has 0 aromatic rings. The average Bonchev–Trinajstić information content (AvgIpc) is 1.97. The Hall–Kier alpha value is -0.260. The highest BCUT2D eigenvalue weighted by Crippen LogP contribution is 2.24. The van der Waals surface area contributed by atoms with E-state index in [0.717, 1.165) is 0 Å². The van der Waals surface area contributed by atoms with E-state index in [4.69, 9.17) is 0 Å². The molecule has 1 amide bonds. The number of alkyl halides is 4. The van der Waals surface area contributed by atoms with Gasteiger partial charge in [-0.2, -0.15) is 13.2 Å². The van der Waals surface area contributed by atoms with Crippen LogP contribution in [0.5, 0.6) is 0 Å². The molecule has 1 unspecified atom stereocenters. The first-order valence-corrected chi connectivity index (χ1v) is 6.10. The monoisotopic (exact) mass is 303 g/mol. The van der Waals surface area contributed by atoms with Crippen LogP contribution in [0.25, 0.3) is 0 Å². The summed E-state index contributed by atoms with van der Waals surface area (Å²) in [6.45, 7) is 5.65. The lowest BCUT2D eigenvalue weighted by molar-refractivity contribution is -0.154. The highest BCUT2D eigenvalue weighted by atomic mass is 79.9. The Kier molecular flexibility index (Phi) is 5.79. The highest BCUT2D eigenvalue weighted by Gasteiger charge is 2.33. The Balaban J connectivity index is 4.36. The van der Waals surface area contributed by atoms with Crippen LogP contribution >= 0.6 is 15.9 Å². The maximum absolute atomic E-state index is 12.0. The maximum Gasteiger partial charge on any atom is 0.397 e. The maximum atomic E-state index is 12.0. The Bertz CT molecular complexity index is 235. The molecule has 0 aromatic carbocycles. The second kappa shape index (κ2) is 5.89. The van der Waals surface area contributed by atoms with Gasteiger partial charge in [0.15, 0.2) is 0 Å². The van der Waals surface area contributed by atoms with Gasteiger partial charge in [-0.1, -0.05) is 36.7 Å². The number of halogens is 4. The molecular weight excluding hydrogens is 287 g/mol. The summed E-state index contributed by atoms with van der Waals surface area (Å²) in [5, 5.41) is 3.07. The molecule has 0 heterocycles. The van der Waals surface area contributed by atoms with E-state index in [2.05, 4.69) is 21.2 Å². The summed E-state index contributed by atoms with van der Waals surface area (Å²) >= 11 is 3.22. The quantitative estimate of drug-likeness (QED) is 0.794. The third kappa shape index (κ3) is 7.09. The molecule has 0 aliphatic carbocycles. The lowest BCUT2D eigenvalue weighted by Gasteiger charge is -2.31. The SMILES string of the molecule is CC(C)(C)C(CCBr)NC(=O)CC(F)(F)F. The van der Waals surface area contributed by atoms with Gasteiger partial charge < -0.3 is 5.32 Å². The fourth-order valence-electron chi connectivity index (χ4n) is 1.26. The van der Waals surface area contributed by atoms with Crippen molar-refractivity contribution in [3.05, 3.63) is 0 Å². The summed E-state index contributed by atoms with van der Waals surface area (Å²) in [6, 6.07) is -0.262. The minimum Gasteiger partial charge on any atom is -0.353 e. The fraction of sp³-hybridized carbons (Fsp3) is 0.900. The van der Waals surface area contributed by atoms with Gasteiger partial charge >= 0.3 is 6.18 Å². The lowest BCUT2D eigenvalue weighted by Crippen LogP contribution is -2.45. The Morgan fingerprint density at radius 3 is 2.12 bits per heavy atom. The molecule has 2 nitrogen and oxygen atoms in total. The Morgan fingerprint density at radius 1 is 1.31 bits per heavy atom. The van der Waals surface area contributed by atoms with Crippen molar-refractivity contribution in [1.82, 2.24) is 5.32 Å². The molecule has 0 aliphatic rings. The van der Waals surface area contributed by atoms with Crippen LogP contribution in [-0.4, -0.2) is 23.5 Å². The molecule has 0 aromatic heterocycles. The molecule has 0 bridgehead atoms. The second-order valence-corrected chi connectivity index (χ2v) is 5.55. The smallest absolute Gasteiger partial charge is 0.353 e. The van der Waals surface area contributed by atoms with Crippen molar-refractivity contribution in [2.45, 2.75) is 45.8 Å². The van der Waals surface area contributed by atoms with Crippen LogP contribution in [0.2, 0.25) is 0 Å². The van der Waals surface area contributed by atoms with Crippen LogP contribution in [0.15, 0.2) is 0 Å². The van der Waals surface area contributed by atoms with Crippen LogP contribution < -0.4 is 5.32 Å². The molecule has 96 valence electrons. The molecule has 1 N–H and O–H groups in total. The third-order valence-electron chi connectivity index (χ3n) is 2.14. The van der Waals surface area contributed by atoms with Crippen LogP contribution in [0.4, 0.5) is 13.2 Å². The Labute approximate surface area is 102 Å². The van der Waals surface area contributed by atoms with E-state index in [1.54, 1.807) is 0 Å². The topological polar surface area (TPSA) is 29.1 Å². The number of rotatable bonds is 4. The predicted octanol–water partition coefficient (Wildman–Crippen LogP) is 3.25. The zero-order valence-corrected chi connectivity index (χ0v) is 11.2. The third-order valence-corrected chi connectivity index (χ3v) is 2.60. The molecule has 0 fully saturated rings. The molecule has 0 saturated carbocycles. The molecule has 6 heteroatoms. The summed E-state index contributed by atoms with van der Waals surface area (Å²) in [5.74, 6) is -0.964. The first-order chi connectivity index (χ1) is 7.06. The van der Waals surface area contributed by atoms with E-state index in [1.165, 1.54) is 0 Å². The van der Waals surface area contributed by atoms with Gasteiger partial charge in [0.25, 0.3) is 0 Å². The standard InChI is InChI=1S/C10H17BrF3NO/c1-9(2,3)7(4-5-11)15-8(16)6-10(12,13)14/h7H,4-6H2,1-3H3,(H,15,16). The van der Waals surface area contributed by atoms with E-state index in [9.17, 15) is 18.0 Å². The number of amides is 1. The van der Waals surface area contributed by atoms with Crippen LogP contribution in [-0.2, 0) is 4.79 Å². The molecule has 1 atom stereocenters. The van der Waals surface area contributed by atoms with Crippen molar-refractivity contribution >= 4 is 21.8 Å². The number of nitrogens with one attached hydrogen (secondary N) is 1. The van der Waals surface area contributed by atoms with Gasteiger partial charge in [-0.05, 0) is 11.8 Å². The number of hydrogen-bond donors (Lipinski definition) is 1. The Morgan fingerprint density at radius 2 is 1.81 bits per heavy atom. The van der Waals surface area contributed by atoms with Crippen LogP contribution in [0, 0.1) is 5.41 Å². The molecule has 16 heavy (non-hydrogen) atoms. The van der Waals surface area contributed by atoms with Crippen LogP contribution in [0.3, 0.4) is 0 Å². The molecule has 0 aliphatic heterocycles. The largest absolute Gasteiger partial charge is 0.397 e. The lowest BCUT2D eigenvalue weighted by atomic mass is 9.85. The van der Waals surface area contributed by atoms with E-state index in [-0.39, 0.29) is 11.5 Å². The molecule has 0 spiro atoms. The van der Waals surface area contributed by atoms with Gasteiger partial charge in [0.1, 0.15) is 6.42 Å². The minimum absolute atomic E-state index is 0.255. The molecule has 0 radical (unpaired) electrons. The van der Waals surface area contributed by atoms with E-state index in [0.29, 0.717) is 11.8 Å². The first kappa shape index (κ1) is 15.7. The van der Waals surface area contributed by atoms with Gasteiger partial charge in [-0.25, -0.2) is 0 Å². The highest BCUT2D eigenvalue weighted by molar-refractivity contribution is 9.09. The van der Waals surface area contributed by atoms with Gasteiger partial charge in [-0.15, -0.1) is 0 Å². The van der Waals surface area contributed by atoms with Crippen molar-refractivity contribution < 1.29 is 18.0 Å². The van der Waals surface area contributed by atoms with Gasteiger partial charge in [0.05, 0.1) is 0 Å². The van der Waals surface area contributed by atoms with Crippen LogP contribution in [0.1, 0.15) is 33.6 Å². The second-order valence-electron chi connectivity index (χ2n) is 4.76. The van der Waals surface area contributed by atoms with Gasteiger partial charge in [0, 0.05) is 11.4 Å². The number of carbonyl (C=O) groups is 1. The average molecular weight is 304 g/mol. The molecule has 0 saturated heterocycles. The molecule has 0 rings (SSSR count).